The van der Waals surface area contributed by atoms with Gasteiger partial charge < -0.3 is 15.0 Å². The minimum absolute atomic E-state index is 0.00861. The molecule has 1 fully saturated rings. The van der Waals surface area contributed by atoms with Crippen molar-refractivity contribution in [2.45, 2.75) is 25.3 Å². The second-order valence-electron chi connectivity index (χ2n) is 7.72. The number of amides is 1. The van der Waals surface area contributed by atoms with Crippen LogP contribution in [0.2, 0.25) is 0 Å². The lowest BCUT2D eigenvalue weighted by molar-refractivity contribution is -0.121. The number of aromatic nitrogens is 6. The summed E-state index contributed by atoms with van der Waals surface area (Å²) in [7, 11) is 0. The largest absolute Gasteiger partial charge is 0.354 e. The van der Waals surface area contributed by atoms with Crippen molar-refractivity contribution in [3.05, 3.63) is 55.0 Å². The number of rotatable bonds is 3. The van der Waals surface area contributed by atoms with E-state index >= 15 is 0 Å². The molecule has 0 bridgehead atoms. The van der Waals surface area contributed by atoms with Crippen molar-refractivity contribution in [1.29, 1.82) is 0 Å². The van der Waals surface area contributed by atoms with Gasteiger partial charge in [-0.2, -0.15) is 4.52 Å². The Morgan fingerprint density at radius 2 is 2.03 bits per heavy atom. The molecule has 4 aromatic heterocycles. The Labute approximate surface area is 177 Å². The van der Waals surface area contributed by atoms with Crippen LogP contribution in [-0.4, -0.2) is 47.5 Å². The Hall–Kier alpha value is -4.01. The third kappa shape index (κ3) is 3.05. The Balaban J connectivity index is 1.51. The number of anilines is 1. The first-order valence-electron chi connectivity index (χ1n) is 10.4. The standard InChI is InChI=1S/C22H20N8O/c31-21-17(7-3-4-9-24-21)26-22-25-16-6-2-1-5-15(16)20-27-19(28-30(20)22)14-8-11-29-12-10-23-18(29)13-14/h1-2,5-6,8,10-13,17H,3-4,7,9H2,(H,24,31)(H,25,26)/t17-/m1/s1. The summed E-state index contributed by atoms with van der Waals surface area (Å²) in [4.78, 5) is 26.4. The lowest BCUT2D eigenvalue weighted by Crippen LogP contribution is -2.38. The Bertz CT molecular complexity index is 1440. The van der Waals surface area contributed by atoms with Gasteiger partial charge >= 0.3 is 0 Å². The van der Waals surface area contributed by atoms with Gasteiger partial charge in [0.25, 0.3) is 0 Å². The molecule has 1 aliphatic rings. The van der Waals surface area contributed by atoms with Crippen molar-refractivity contribution in [2.24, 2.45) is 0 Å². The quantitative estimate of drug-likeness (QED) is 0.472. The normalized spacial score (nSPS) is 17.2. The summed E-state index contributed by atoms with van der Waals surface area (Å²) in [5.41, 5.74) is 3.19. The number of imidazole rings is 1. The monoisotopic (exact) mass is 412 g/mol. The molecule has 154 valence electrons. The highest BCUT2D eigenvalue weighted by Crippen LogP contribution is 2.25. The fraction of sp³-hybridized carbons (Fsp3) is 0.227. The summed E-state index contributed by atoms with van der Waals surface area (Å²) in [6, 6.07) is 11.4. The molecule has 0 saturated carbocycles. The minimum atomic E-state index is -0.353. The summed E-state index contributed by atoms with van der Waals surface area (Å²) in [5, 5.41) is 11.9. The fourth-order valence-corrected chi connectivity index (χ4v) is 4.05. The molecule has 5 heterocycles. The maximum absolute atomic E-state index is 12.5. The molecule has 6 rings (SSSR count). The van der Waals surface area contributed by atoms with Crippen molar-refractivity contribution in [1.82, 2.24) is 34.3 Å². The predicted molar refractivity (Wildman–Crippen MR) is 117 cm³/mol. The van der Waals surface area contributed by atoms with E-state index in [1.54, 1.807) is 10.7 Å². The maximum atomic E-state index is 12.5. The molecule has 0 radical (unpaired) electrons. The Morgan fingerprint density at radius 3 is 3.00 bits per heavy atom. The highest BCUT2D eigenvalue weighted by Gasteiger charge is 2.23. The second kappa shape index (κ2) is 7.05. The van der Waals surface area contributed by atoms with Gasteiger partial charge in [-0.3, -0.25) is 4.79 Å². The number of carbonyl (C=O) groups excluding carboxylic acids is 1. The number of pyridine rings is 1. The number of hydrogen-bond acceptors (Lipinski definition) is 6. The van der Waals surface area contributed by atoms with E-state index in [0.717, 1.165) is 41.4 Å². The zero-order valence-corrected chi connectivity index (χ0v) is 16.7. The lowest BCUT2D eigenvalue weighted by atomic mass is 10.1. The molecule has 1 amide bonds. The number of fused-ring (bicyclic) bond motifs is 4. The van der Waals surface area contributed by atoms with Crippen LogP contribution in [0.3, 0.4) is 0 Å². The summed E-state index contributed by atoms with van der Waals surface area (Å²) in [5.74, 6) is 1.08. The average molecular weight is 412 g/mol. The van der Waals surface area contributed by atoms with Crippen LogP contribution < -0.4 is 10.6 Å². The fourth-order valence-electron chi connectivity index (χ4n) is 4.05. The first-order chi connectivity index (χ1) is 15.3. The van der Waals surface area contributed by atoms with Gasteiger partial charge in [-0.15, -0.1) is 5.10 Å². The van der Waals surface area contributed by atoms with Crippen molar-refractivity contribution in [3.63, 3.8) is 0 Å². The van der Waals surface area contributed by atoms with Crippen LogP contribution in [0.4, 0.5) is 5.95 Å². The van der Waals surface area contributed by atoms with Crippen molar-refractivity contribution >= 4 is 34.1 Å². The van der Waals surface area contributed by atoms with Crippen LogP contribution >= 0.6 is 0 Å². The third-order valence-corrected chi connectivity index (χ3v) is 5.67. The molecular weight excluding hydrogens is 392 g/mol. The van der Waals surface area contributed by atoms with Crippen LogP contribution in [-0.2, 0) is 4.79 Å². The van der Waals surface area contributed by atoms with Crippen molar-refractivity contribution < 1.29 is 4.79 Å². The summed E-state index contributed by atoms with van der Waals surface area (Å²) in [6.45, 7) is 0.710. The summed E-state index contributed by atoms with van der Waals surface area (Å²) < 4.78 is 3.64. The van der Waals surface area contributed by atoms with E-state index in [0.29, 0.717) is 24.0 Å². The van der Waals surface area contributed by atoms with Gasteiger partial charge in [-0.05, 0) is 43.5 Å². The molecule has 31 heavy (non-hydrogen) atoms. The number of carbonyl (C=O) groups is 1. The van der Waals surface area contributed by atoms with Gasteiger partial charge in [0, 0.05) is 36.1 Å². The molecule has 0 unspecified atom stereocenters. The second-order valence-corrected chi connectivity index (χ2v) is 7.72. The number of nitrogens with one attached hydrogen (secondary N) is 2. The number of nitrogens with zero attached hydrogens (tertiary/aromatic N) is 6. The van der Waals surface area contributed by atoms with E-state index in [4.69, 9.17) is 15.1 Å². The van der Waals surface area contributed by atoms with Gasteiger partial charge in [-0.1, -0.05) is 12.1 Å². The van der Waals surface area contributed by atoms with Crippen LogP contribution in [0.25, 0.3) is 33.6 Å². The van der Waals surface area contributed by atoms with Crippen LogP contribution in [0.1, 0.15) is 19.3 Å². The highest BCUT2D eigenvalue weighted by molar-refractivity contribution is 5.93. The van der Waals surface area contributed by atoms with E-state index in [2.05, 4.69) is 15.6 Å². The predicted octanol–water partition coefficient (Wildman–Crippen LogP) is 2.67. The molecule has 0 aliphatic carbocycles. The summed E-state index contributed by atoms with van der Waals surface area (Å²) >= 11 is 0. The van der Waals surface area contributed by atoms with Gasteiger partial charge in [0.1, 0.15) is 11.7 Å². The first-order valence-corrected chi connectivity index (χ1v) is 10.4. The first kappa shape index (κ1) is 17.8. The zero-order chi connectivity index (χ0) is 20.8. The van der Waals surface area contributed by atoms with E-state index in [-0.39, 0.29) is 11.9 Å². The van der Waals surface area contributed by atoms with Crippen molar-refractivity contribution in [2.75, 3.05) is 11.9 Å². The van der Waals surface area contributed by atoms with Crippen LogP contribution in [0, 0.1) is 0 Å². The topological polar surface area (TPSA) is 102 Å². The van der Waals surface area contributed by atoms with E-state index in [1.165, 1.54) is 0 Å². The Kier molecular flexibility index (Phi) is 4.05. The van der Waals surface area contributed by atoms with Crippen LogP contribution in [0.15, 0.2) is 55.0 Å². The maximum Gasteiger partial charge on any atom is 0.242 e. The molecule has 0 spiro atoms. The van der Waals surface area contributed by atoms with E-state index < -0.39 is 0 Å². The molecular formula is C22H20N8O. The summed E-state index contributed by atoms with van der Waals surface area (Å²) in [6.07, 6.45) is 8.30. The minimum Gasteiger partial charge on any atom is -0.354 e. The molecule has 1 saturated heterocycles. The molecule has 5 aromatic rings. The molecule has 1 aliphatic heterocycles. The SMILES string of the molecule is O=C1NCCCC[C@H]1Nc1nc2ccccc2c2nc(-c3ccn4ccnc4c3)nn12. The molecule has 1 aromatic carbocycles. The van der Waals surface area contributed by atoms with Gasteiger partial charge in [0.15, 0.2) is 11.5 Å². The third-order valence-electron chi connectivity index (χ3n) is 5.67. The molecule has 1 atom stereocenters. The molecule has 9 nitrogen and oxygen atoms in total. The molecule has 2 N–H and O–H groups in total. The van der Waals surface area contributed by atoms with Crippen molar-refractivity contribution in [3.8, 4) is 11.4 Å². The van der Waals surface area contributed by atoms with Gasteiger partial charge in [0.2, 0.25) is 11.9 Å². The Morgan fingerprint density at radius 1 is 1.10 bits per heavy atom. The number of para-hydroxylation sites is 1. The van der Waals surface area contributed by atoms with Crippen LogP contribution in [0.5, 0.6) is 0 Å². The highest BCUT2D eigenvalue weighted by atomic mass is 16.2. The smallest absolute Gasteiger partial charge is 0.242 e. The molecule has 9 heteroatoms. The average Bonchev–Trinajstić information content (AvgIpc) is 3.40. The van der Waals surface area contributed by atoms with E-state index in [1.807, 2.05) is 53.2 Å². The number of hydrogen-bond donors (Lipinski definition) is 2. The van der Waals surface area contributed by atoms with Gasteiger partial charge in [-0.25, -0.2) is 15.0 Å². The number of benzene rings is 1. The lowest BCUT2D eigenvalue weighted by Gasteiger charge is -2.16. The zero-order valence-electron chi connectivity index (χ0n) is 16.7. The van der Waals surface area contributed by atoms with Gasteiger partial charge in [0.05, 0.1) is 5.52 Å². The van der Waals surface area contributed by atoms with E-state index in [9.17, 15) is 4.79 Å².